The molecule has 112 valence electrons. The van der Waals surface area contributed by atoms with Crippen LogP contribution >= 0.6 is 0 Å². The molecule has 0 aromatic heterocycles. The minimum atomic E-state index is -0.790. The van der Waals surface area contributed by atoms with Crippen LogP contribution in [0.1, 0.15) is 47.0 Å². The van der Waals surface area contributed by atoms with E-state index >= 15 is 0 Å². The van der Waals surface area contributed by atoms with E-state index in [4.69, 9.17) is 4.74 Å². The molecule has 0 aromatic rings. The third-order valence-electron chi connectivity index (χ3n) is 5.18. The zero-order chi connectivity index (χ0) is 15.1. The summed E-state index contributed by atoms with van der Waals surface area (Å²) >= 11 is 0. The fraction of sp³-hybridized carbons (Fsp3) is 0.706. The summed E-state index contributed by atoms with van der Waals surface area (Å²) in [4.78, 5) is 11.2. The van der Waals surface area contributed by atoms with Crippen molar-refractivity contribution in [1.82, 2.24) is 0 Å². The number of esters is 1. The summed E-state index contributed by atoms with van der Waals surface area (Å²) in [5.41, 5.74) is 1.40. The third-order valence-corrected chi connectivity index (χ3v) is 5.18. The number of hydrogen-bond acceptors (Lipinski definition) is 3. The van der Waals surface area contributed by atoms with Gasteiger partial charge in [-0.25, -0.2) is 0 Å². The van der Waals surface area contributed by atoms with Gasteiger partial charge in [-0.3, -0.25) is 4.79 Å². The molecule has 3 heteroatoms. The Balaban J connectivity index is 2.36. The fourth-order valence-corrected chi connectivity index (χ4v) is 3.87. The first-order chi connectivity index (χ1) is 9.25. The average Bonchev–Trinajstić information content (AvgIpc) is 2.32. The minimum absolute atomic E-state index is 0.0931. The van der Waals surface area contributed by atoms with Gasteiger partial charge in [0.15, 0.2) is 0 Å². The molecule has 0 amide bonds. The van der Waals surface area contributed by atoms with E-state index in [1.54, 1.807) is 0 Å². The number of aliphatic hydroxyl groups is 1. The molecule has 20 heavy (non-hydrogen) atoms. The molecule has 2 aliphatic rings. The number of hydrogen-bond donors (Lipinski definition) is 1. The van der Waals surface area contributed by atoms with Crippen LogP contribution in [0.25, 0.3) is 0 Å². The van der Waals surface area contributed by atoms with Gasteiger partial charge in [-0.2, -0.15) is 0 Å². The predicted molar refractivity (Wildman–Crippen MR) is 79.1 cm³/mol. The van der Waals surface area contributed by atoms with Crippen molar-refractivity contribution in [2.75, 3.05) is 0 Å². The van der Waals surface area contributed by atoms with Crippen molar-refractivity contribution in [1.29, 1.82) is 0 Å². The van der Waals surface area contributed by atoms with Gasteiger partial charge < -0.3 is 9.84 Å². The zero-order valence-electron chi connectivity index (χ0n) is 13.0. The molecule has 0 saturated heterocycles. The Kier molecular flexibility index (Phi) is 4.10. The van der Waals surface area contributed by atoms with Crippen molar-refractivity contribution in [2.45, 2.75) is 58.7 Å². The van der Waals surface area contributed by atoms with E-state index in [-0.39, 0.29) is 23.9 Å². The lowest BCUT2D eigenvalue weighted by Gasteiger charge is -2.51. The Morgan fingerprint density at radius 2 is 2.10 bits per heavy atom. The van der Waals surface area contributed by atoms with Crippen LogP contribution in [0.4, 0.5) is 0 Å². The monoisotopic (exact) mass is 278 g/mol. The lowest BCUT2D eigenvalue weighted by Crippen LogP contribution is -2.54. The molecule has 0 spiro atoms. The Morgan fingerprint density at radius 1 is 1.45 bits per heavy atom. The van der Waals surface area contributed by atoms with E-state index in [1.807, 2.05) is 13.8 Å². The molecule has 0 radical (unpaired) electrons. The van der Waals surface area contributed by atoms with Crippen LogP contribution in [0.2, 0.25) is 0 Å². The summed E-state index contributed by atoms with van der Waals surface area (Å²) in [5, 5.41) is 11.2. The Morgan fingerprint density at radius 3 is 2.65 bits per heavy atom. The summed E-state index contributed by atoms with van der Waals surface area (Å²) in [7, 11) is 0. The summed E-state index contributed by atoms with van der Waals surface area (Å²) in [6, 6.07) is 0. The third kappa shape index (κ3) is 2.56. The van der Waals surface area contributed by atoms with E-state index < -0.39 is 5.60 Å². The van der Waals surface area contributed by atoms with E-state index in [2.05, 4.69) is 19.6 Å². The van der Waals surface area contributed by atoms with Crippen molar-refractivity contribution >= 4 is 5.97 Å². The van der Waals surface area contributed by atoms with Crippen molar-refractivity contribution in [2.24, 2.45) is 17.8 Å². The van der Waals surface area contributed by atoms with Crippen LogP contribution in [0.3, 0.4) is 0 Å². The summed E-state index contributed by atoms with van der Waals surface area (Å²) in [6.07, 6.45) is 4.40. The van der Waals surface area contributed by atoms with Crippen LogP contribution < -0.4 is 0 Å². The number of allylic oxidation sites excluding steroid dienone is 1. The molecule has 0 aliphatic heterocycles. The largest absolute Gasteiger partial charge is 0.458 e. The van der Waals surface area contributed by atoms with E-state index in [0.717, 1.165) is 24.0 Å². The molecule has 1 fully saturated rings. The minimum Gasteiger partial charge on any atom is -0.458 e. The molecule has 1 saturated carbocycles. The molecule has 0 aromatic carbocycles. The smallest absolute Gasteiger partial charge is 0.303 e. The van der Waals surface area contributed by atoms with Crippen LogP contribution in [-0.4, -0.2) is 22.8 Å². The van der Waals surface area contributed by atoms with Gasteiger partial charge in [-0.1, -0.05) is 25.2 Å². The van der Waals surface area contributed by atoms with Crippen LogP contribution in [0.15, 0.2) is 23.8 Å². The molecule has 2 aliphatic carbocycles. The van der Waals surface area contributed by atoms with Gasteiger partial charge in [0.1, 0.15) is 6.10 Å². The lowest BCUT2D eigenvalue weighted by atomic mass is 9.58. The van der Waals surface area contributed by atoms with Gasteiger partial charge >= 0.3 is 5.97 Å². The first kappa shape index (κ1) is 15.3. The normalized spacial score (nSPS) is 40.5. The molecule has 1 N–H and O–H groups in total. The van der Waals surface area contributed by atoms with Gasteiger partial charge in [-0.15, -0.1) is 0 Å². The second-order valence-electron chi connectivity index (χ2n) is 6.66. The van der Waals surface area contributed by atoms with Gasteiger partial charge in [0.05, 0.1) is 5.60 Å². The number of rotatable bonds is 2. The van der Waals surface area contributed by atoms with E-state index in [9.17, 15) is 9.90 Å². The molecule has 0 heterocycles. The standard InChI is InChI=1S/C17H26O3/c1-10(2)14-7-6-12(4)17(19)9-16(20-13(5)18)11(3)8-15(14)17/h8,12,14-16,19H,1,6-7,9H2,2-5H3/t12-,14+,15+,16-,17-/m1/s1. The quantitative estimate of drug-likeness (QED) is 0.623. The molecule has 0 unspecified atom stereocenters. The summed E-state index contributed by atoms with van der Waals surface area (Å²) < 4.78 is 5.37. The maximum absolute atomic E-state index is 11.2. The maximum atomic E-state index is 11.2. The van der Waals surface area contributed by atoms with E-state index in [0.29, 0.717) is 12.3 Å². The molecular weight excluding hydrogens is 252 g/mol. The summed E-state index contributed by atoms with van der Waals surface area (Å²) in [5.74, 6) is 0.343. The van der Waals surface area contributed by atoms with Crippen LogP contribution in [0, 0.1) is 17.8 Å². The molecule has 3 nitrogen and oxygen atoms in total. The van der Waals surface area contributed by atoms with Gasteiger partial charge in [0.25, 0.3) is 0 Å². The van der Waals surface area contributed by atoms with Crippen molar-refractivity contribution in [3.05, 3.63) is 23.8 Å². The number of carbonyl (C=O) groups excluding carboxylic acids is 1. The highest BCUT2D eigenvalue weighted by Crippen LogP contribution is 2.50. The second-order valence-corrected chi connectivity index (χ2v) is 6.66. The highest BCUT2D eigenvalue weighted by atomic mass is 16.5. The first-order valence-electron chi connectivity index (χ1n) is 7.49. The molecule has 0 bridgehead atoms. The highest BCUT2D eigenvalue weighted by Gasteiger charge is 2.51. The van der Waals surface area contributed by atoms with E-state index in [1.165, 1.54) is 6.92 Å². The number of fused-ring (bicyclic) bond motifs is 1. The van der Waals surface area contributed by atoms with Gasteiger partial charge in [-0.05, 0) is 44.1 Å². The van der Waals surface area contributed by atoms with Crippen molar-refractivity contribution in [3.8, 4) is 0 Å². The molecule has 5 atom stereocenters. The highest BCUT2D eigenvalue weighted by molar-refractivity contribution is 5.66. The van der Waals surface area contributed by atoms with Gasteiger partial charge in [0.2, 0.25) is 0 Å². The Labute approximate surface area is 121 Å². The predicted octanol–water partition coefficient (Wildman–Crippen LogP) is 3.24. The first-order valence-corrected chi connectivity index (χ1v) is 7.49. The Hall–Kier alpha value is -1.09. The summed E-state index contributed by atoms with van der Waals surface area (Å²) in [6.45, 7) is 11.6. The SMILES string of the molecule is C=C(C)[C@@H]1CC[C@@H](C)[C@]2(O)C[C@@H](OC(C)=O)C(C)=C[C@@H]12. The zero-order valence-corrected chi connectivity index (χ0v) is 13.0. The lowest BCUT2D eigenvalue weighted by molar-refractivity contribution is -0.156. The maximum Gasteiger partial charge on any atom is 0.303 e. The van der Waals surface area contributed by atoms with Crippen LogP contribution in [-0.2, 0) is 9.53 Å². The van der Waals surface area contributed by atoms with Crippen molar-refractivity contribution < 1.29 is 14.6 Å². The van der Waals surface area contributed by atoms with Crippen molar-refractivity contribution in [3.63, 3.8) is 0 Å². The fourth-order valence-electron chi connectivity index (χ4n) is 3.87. The topological polar surface area (TPSA) is 46.5 Å². The number of ether oxygens (including phenoxy) is 1. The number of carbonyl (C=O) groups is 1. The van der Waals surface area contributed by atoms with Gasteiger partial charge in [0, 0.05) is 19.3 Å². The second kappa shape index (κ2) is 5.36. The van der Waals surface area contributed by atoms with Crippen LogP contribution in [0.5, 0.6) is 0 Å². The average molecular weight is 278 g/mol. The molecule has 2 rings (SSSR count). The Bertz CT molecular complexity index is 451. The molecular formula is C17H26O3.